The van der Waals surface area contributed by atoms with E-state index in [9.17, 15) is 0 Å². The Morgan fingerprint density at radius 1 is 1.22 bits per heavy atom. The first-order chi connectivity index (χ1) is 8.58. The Labute approximate surface area is 111 Å². The molecule has 2 N–H and O–H groups in total. The standard InChI is InChI=1S/C14H28N4/c1-6-11(7-2)10-18(9-4)14-13(15)12(8-3)16-17(14)5/h11H,6-10,15H2,1-5H3. The summed E-state index contributed by atoms with van der Waals surface area (Å²) in [5.41, 5.74) is 8.09. The Bertz CT molecular complexity index is 366. The maximum absolute atomic E-state index is 6.22. The van der Waals surface area contributed by atoms with E-state index in [1.165, 1.54) is 12.8 Å². The summed E-state index contributed by atoms with van der Waals surface area (Å²) in [4.78, 5) is 2.36. The van der Waals surface area contributed by atoms with Crippen LogP contribution in [0.25, 0.3) is 0 Å². The van der Waals surface area contributed by atoms with Crippen LogP contribution >= 0.6 is 0 Å². The van der Waals surface area contributed by atoms with Crippen molar-refractivity contribution in [3.8, 4) is 0 Å². The molecule has 0 saturated heterocycles. The molecule has 0 amide bonds. The van der Waals surface area contributed by atoms with Crippen molar-refractivity contribution in [1.29, 1.82) is 0 Å². The molecule has 4 nitrogen and oxygen atoms in total. The predicted octanol–water partition coefficient (Wildman–Crippen LogP) is 2.83. The molecule has 18 heavy (non-hydrogen) atoms. The van der Waals surface area contributed by atoms with Crippen molar-refractivity contribution in [3.05, 3.63) is 5.69 Å². The van der Waals surface area contributed by atoms with Gasteiger partial charge in [-0.05, 0) is 19.3 Å². The number of nitrogens with two attached hydrogens (primary N) is 1. The quantitative estimate of drug-likeness (QED) is 0.811. The van der Waals surface area contributed by atoms with Gasteiger partial charge < -0.3 is 10.6 Å². The number of aryl methyl sites for hydroxylation is 2. The van der Waals surface area contributed by atoms with Crippen LogP contribution in [-0.2, 0) is 13.5 Å². The second kappa shape index (κ2) is 6.66. The lowest BCUT2D eigenvalue weighted by Gasteiger charge is -2.27. The number of hydrogen-bond donors (Lipinski definition) is 1. The fourth-order valence-electron chi connectivity index (χ4n) is 2.45. The van der Waals surface area contributed by atoms with Crippen molar-refractivity contribution in [2.24, 2.45) is 13.0 Å². The molecule has 1 rings (SSSR count). The Hall–Kier alpha value is -1.19. The van der Waals surface area contributed by atoms with Crippen LogP contribution in [0.2, 0.25) is 0 Å². The summed E-state index contributed by atoms with van der Waals surface area (Å²) in [6.45, 7) is 10.8. The van der Waals surface area contributed by atoms with Crippen LogP contribution in [0.4, 0.5) is 11.5 Å². The lowest BCUT2D eigenvalue weighted by atomic mass is 10.0. The van der Waals surface area contributed by atoms with Gasteiger partial charge in [-0.1, -0.05) is 33.6 Å². The SMILES string of the molecule is CCc1nn(C)c(N(CC)CC(CC)CC)c1N. The second-order valence-electron chi connectivity index (χ2n) is 4.88. The Morgan fingerprint density at radius 2 is 1.83 bits per heavy atom. The van der Waals surface area contributed by atoms with Gasteiger partial charge in [0.25, 0.3) is 0 Å². The minimum Gasteiger partial charge on any atom is -0.394 e. The van der Waals surface area contributed by atoms with E-state index in [1.807, 2.05) is 11.7 Å². The molecule has 1 aromatic heterocycles. The lowest BCUT2D eigenvalue weighted by Crippen LogP contribution is -2.31. The van der Waals surface area contributed by atoms with Crippen molar-refractivity contribution in [1.82, 2.24) is 9.78 Å². The van der Waals surface area contributed by atoms with Gasteiger partial charge in [-0.25, -0.2) is 0 Å². The molecule has 0 aliphatic heterocycles. The van der Waals surface area contributed by atoms with Crippen molar-refractivity contribution in [3.63, 3.8) is 0 Å². The highest BCUT2D eigenvalue weighted by Gasteiger charge is 2.19. The summed E-state index contributed by atoms with van der Waals surface area (Å²) >= 11 is 0. The van der Waals surface area contributed by atoms with Gasteiger partial charge in [0.05, 0.1) is 11.4 Å². The third kappa shape index (κ3) is 2.98. The van der Waals surface area contributed by atoms with Crippen molar-refractivity contribution in [2.45, 2.75) is 47.0 Å². The number of hydrogen-bond acceptors (Lipinski definition) is 3. The number of rotatable bonds is 7. The zero-order valence-corrected chi connectivity index (χ0v) is 12.5. The monoisotopic (exact) mass is 252 g/mol. The molecule has 0 aliphatic carbocycles. The molecule has 1 aromatic rings. The molecular formula is C14H28N4. The normalized spacial score (nSPS) is 11.2. The molecular weight excluding hydrogens is 224 g/mol. The van der Waals surface area contributed by atoms with Gasteiger partial charge in [-0.2, -0.15) is 5.10 Å². The molecule has 1 heterocycles. The van der Waals surface area contributed by atoms with E-state index in [1.54, 1.807) is 0 Å². The summed E-state index contributed by atoms with van der Waals surface area (Å²) in [5, 5.41) is 4.51. The van der Waals surface area contributed by atoms with Gasteiger partial charge >= 0.3 is 0 Å². The van der Waals surface area contributed by atoms with E-state index in [4.69, 9.17) is 5.73 Å². The van der Waals surface area contributed by atoms with Gasteiger partial charge in [-0.3, -0.25) is 4.68 Å². The maximum Gasteiger partial charge on any atom is 0.150 e. The first kappa shape index (κ1) is 14.9. The minimum absolute atomic E-state index is 0.726. The molecule has 0 saturated carbocycles. The average Bonchev–Trinajstić information content (AvgIpc) is 2.67. The van der Waals surface area contributed by atoms with E-state index >= 15 is 0 Å². The van der Waals surface area contributed by atoms with Gasteiger partial charge in [0.15, 0.2) is 0 Å². The Morgan fingerprint density at radius 3 is 2.22 bits per heavy atom. The van der Waals surface area contributed by atoms with Gasteiger partial charge in [-0.15, -0.1) is 0 Å². The first-order valence-electron chi connectivity index (χ1n) is 7.15. The topological polar surface area (TPSA) is 47.1 Å². The van der Waals surface area contributed by atoms with Crippen LogP contribution in [0.3, 0.4) is 0 Å². The van der Waals surface area contributed by atoms with E-state index < -0.39 is 0 Å². The fraction of sp³-hybridized carbons (Fsp3) is 0.786. The Balaban J connectivity index is 2.98. The highest BCUT2D eigenvalue weighted by Crippen LogP contribution is 2.27. The largest absolute Gasteiger partial charge is 0.394 e. The molecule has 0 atom stereocenters. The molecule has 4 heteroatoms. The molecule has 0 radical (unpaired) electrons. The Kier molecular flexibility index (Phi) is 5.51. The van der Waals surface area contributed by atoms with Crippen LogP contribution < -0.4 is 10.6 Å². The second-order valence-corrected chi connectivity index (χ2v) is 4.88. The van der Waals surface area contributed by atoms with E-state index in [0.717, 1.165) is 42.6 Å². The highest BCUT2D eigenvalue weighted by molar-refractivity contribution is 5.66. The van der Waals surface area contributed by atoms with Crippen LogP contribution in [0.15, 0.2) is 0 Å². The van der Waals surface area contributed by atoms with Crippen LogP contribution in [0.1, 0.15) is 46.2 Å². The third-order valence-electron chi connectivity index (χ3n) is 3.78. The third-order valence-corrected chi connectivity index (χ3v) is 3.78. The molecule has 0 aliphatic rings. The van der Waals surface area contributed by atoms with Gasteiger partial charge in [0, 0.05) is 20.1 Å². The van der Waals surface area contributed by atoms with Crippen molar-refractivity contribution < 1.29 is 0 Å². The fourth-order valence-corrected chi connectivity index (χ4v) is 2.45. The summed E-state index contributed by atoms with van der Waals surface area (Å²) in [6.07, 6.45) is 3.32. The van der Waals surface area contributed by atoms with E-state index in [0.29, 0.717) is 0 Å². The van der Waals surface area contributed by atoms with Gasteiger partial charge in [0.1, 0.15) is 5.82 Å². The number of anilines is 2. The molecule has 0 fully saturated rings. The first-order valence-corrected chi connectivity index (χ1v) is 7.15. The molecule has 0 aromatic carbocycles. The van der Waals surface area contributed by atoms with E-state index in [-0.39, 0.29) is 0 Å². The number of nitrogen functional groups attached to an aromatic ring is 1. The van der Waals surface area contributed by atoms with Crippen molar-refractivity contribution >= 4 is 11.5 Å². The molecule has 104 valence electrons. The summed E-state index contributed by atoms with van der Waals surface area (Å²) < 4.78 is 1.93. The maximum atomic E-state index is 6.22. The van der Waals surface area contributed by atoms with Crippen LogP contribution in [0.5, 0.6) is 0 Å². The van der Waals surface area contributed by atoms with E-state index in [2.05, 4.69) is 37.7 Å². The molecule has 0 bridgehead atoms. The summed E-state index contributed by atoms with van der Waals surface area (Å²) in [7, 11) is 1.99. The zero-order valence-electron chi connectivity index (χ0n) is 12.5. The van der Waals surface area contributed by atoms with Crippen LogP contribution in [-0.4, -0.2) is 22.9 Å². The lowest BCUT2D eigenvalue weighted by molar-refractivity contribution is 0.481. The zero-order chi connectivity index (χ0) is 13.7. The molecule has 0 spiro atoms. The average molecular weight is 252 g/mol. The smallest absolute Gasteiger partial charge is 0.150 e. The minimum atomic E-state index is 0.726. The van der Waals surface area contributed by atoms with Crippen molar-refractivity contribution in [2.75, 3.05) is 23.7 Å². The molecule has 0 unspecified atom stereocenters. The summed E-state index contributed by atoms with van der Waals surface area (Å²) in [6, 6.07) is 0. The predicted molar refractivity (Wildman–Crippen MR) is 79.0 cm³/mol. The summed E-state index contributed by atoms with van der Waals surface area (Å²) in [5.74, 6) is 1.81. The van der Waals surface area contributed by atoms with Crippen LogP contribution in [0, 0.1) is 5.92 Å². The number of nitrogens with zero attached hydrogens (tertiary/aromatic N) is 3. The highest BCUT2D eigenvalue weighted by atomic mass is 15.4. The van der Waals surface area contributed by atoms with Gasteiger partial charge in [0.2, 0.25) is 0 Å². The number of aromatic nitrogens is 2.